The van der Waals surface area contributed by atoms with Crippen molar-refractivity contribution in [2.75, 3.05) is 46.5 Å². The Bertz CT molecular complexity index is 533. The molecule has 1 spiro atoms. The smallest absolute Gasteiger partial charge is 0.104 e. The number of aryl methyl sites for hydroxylation is 1. The molecule has 0 radical (unpaired) electrons. The van der Waals surface area contributed by atoms with E-state index in [-0.39, 0.29) is 5.60 Å². The first-order chi connectivity index (χ1) is 11.5. The van der Waals surface area contributed by atoms with Crippen molar-refractivity contribution in [2.45, 2.75) is 45.4 Å². The number of thiophene rings is 1. The van der Waals surface area contributed by atoms with Crippen LogP contribution in [0.1, 0.15) is 30.0 Å². The Balaban J connectivity index is 1.60. The highest BCUT2D eigenvalue weighted by atomic mass is 32.1. The first-order valence-corrected chi connectivity index (χ1v) is 9.97. The number of hydrogen-bond donors (Lipinski definition) is 0. The van der Waals surface area contributed by atoms with Gasteiger partial charge in [-0.05, 0) is 52.3 Å². The average Bonchev–Trinajstić information content (AvgIpc) is 3.04. The van der Waals surface area contributed by atoms with Crippen molar-refractivity contribution in [3.63, 3.8) is 0 Å². The van der Waals surface area contributed by atoms with Gasteiger partial charge in [-0.1, -0.05) is 0 Å². The van der Waals surface area contributed by atoms with Crippen LogP contribution in [0.5, 0.6) is 0 Å². The fraction of sp³-hybridized carbons (Fsp3) is 0.789. The van der Waals surface area contributed by atoms with Gasteiger partial charge in [0.05, 0.1) is 19.8 Å². The fourth-order valence-electron chi connectivity index (χ4n) is 3.79. The van der Waals surface area contributed by atoms with Crippen LogP contribution in [0.3, 0.4) is 0 Å². The molecule has 0 saturated carbocycles. The van der Waals surface area contributed by atoms with Crippen molar-refractivity contribution in [2.24, 2.45) is 5.92 Å². The van der Waals surface area contributed by atoms with E-state index in [0.29, 0.717) is 12.0 Å². The van der Waals surface area contributed by atoms with Crippen molar-refractivity contribution < 1.29 is 9.47 Å². The third-order valence-corrected chi connectivity index (χ3v) is 6.30. The summed E-state index contributed by atoms with van der Waals surface area (Å²) < 4.78 is 12.3. The topological polar surface area (TPSA) is 24.9 Å². The number of hydrogen-bond acceptors (Lipinski definition) is 5. The van der Waals surface area contributed by atoms with Crippen molar-refractivity contribution in [3.8, 4) is 0 Å². The zero-order chi connectivity index (χ0) is 17.2. The van der Waals surface area contributed by atoms with Crippen LogP contribution in [0.25, 0.3) is 0 Å². The molecule has 5 heteroatoms. The normalized spacial score (nSPS) is 29.0. The van der Waals surface area contributed by atoms with Crippen molar-refractivity contribution in [1.29, 1.82) is 0 Å². The Hall–Kier alpha value is -0.460. The molecule has 2 saturated heterocycles. The molecule has 0 aromatic carbocycles. The highest BCUT2D eigenvalue weighted by Gasteiger charge is 2.43. The van der Waals surface area contributed by atoms with Crippen LogP contribution in [0.2, 0.25) is 0 Å². The summed E-state index contributed by atoms with van der Waals surface area (Å²) in [5, 5.41) is 0. The first kappa shape index (κ1) is 18.3. The lowest BCUT2D eigenvalue weighted by Gasteiger charge is -2.31. The van der Waals surface area contributed by atoms with E-state index in [1.807, 2.05) is 11.3 Å². The molecule has 0 amide bonds. The van der Waals surface area contributed by atoms with Crippen LogP contribution >= 0.6 is 11.3 Å². The van der Waals surface area contributed by atoms with Crippen LogP contribution in [0.15, 0.2) is 12.1 Å². The predicted octanol–water partition coefficient (Wildman–Crippen LogP) is 3.00. The molecule has 0 bridgehead atoms. The molecular weight excluding hydrogens is 320 g/mol. The van der Waals surface area contributed by atoms with Gasteiger partial charge in [-0.2, -0.15) is 0 Å². The van der Waals surface area contributed by atoms with Crippen LogP contribution in [0, 0.1) is 12.8 Å². The van der Waals surface area contributed by atoms with Gasteiger partial charge in [0, 0.05) is 42.0 Å². The summed E-state index contributed by atoms with van der Waals surface area (Å²) in [7, 11) is 2.21. The molecular formula is C19H32N2O2S. The summed E-state index contributed by atoms with van der Waals surface area (Å²) in [5.41, 5.74) is -0.106. The monoisotopic (exact) mass is 352 g/mol. The van der Waals surface area contributed by atoms with E-state index >= 15 is 0 Å². The predicted molar refractivity (Wildman–Crippen MR) is 99.7 cm³/mol. The minimum Gasteiger partial charge on any atom is -0.377 e. The largest absolute Gasteiger partial charge is 0.377 e. The Morgan fingerprint density at radius 1 is 1.42 bits per heavy atom. The summed E-state index contributed by atoms with van der Waals surface area (Å²) in [6.45, 7) is 13.2. The fourth-order valence-corrected chi connectivity index (χ4v) is 4.73. The quantitative estimate of drug-likeness (QED) is 0.813. The van der Waals surface area contributed by atoms with Gasteiger partial charge in [0.2, 0.25) is 0 Å². The van der Waals surface area contributed by atoms with Crippen LogP contribution in [0.4, 0.5) is 0 Å². The lowest BCUT2D eigenvalue weighted by molar-refractivity contribution is -0.0562. The van der Waals surface area contributed by atoms with Gasteiger partial charge in [-0.3, -0.25) is 4.90 Å². The number of nitrogens with zero attached hydrogens (tertiary/aromatic N) is 2. The Morgan fingerprint density at radius 2 is 2.25 bits per heavy atom. The molecule has 2 unspecified atom stereocenters. The average molecular weight is 353 g/mol. The first-order valence-electron chi connectivity index (χ1n) is 9.15. The molecule has 136 valence electrons. The van der Waals surface area contributed by atoms with E-state index in [4.69, 9.17) is 9.47 Å². The molecule has 3 heterocycles. The van der Waals surface area contributed by atoms with Crippen molar-refractivity contribution in [1.82, 2.24) is 9.80 Å². The summed E-state index contributed by atoms with van der Waals surface area (Å²) in [4.78, 5) is 7.78. The second-order valence-corrected chi connectivity index (χ2v) is 9.25. The maximum absolute atomic E-state index is 6.34. The lowest BCUT2D eigenvalue weighted by Crippen LogP contribution is -2.44. The molecule has 0 aliphatic carbocycles. The van der Waals surface area contributed by atoms with Gasteiger partial charge in [-0.15, -0.1) is 11.3 Å². The molecule has 2 aliphatic rings. The van der Waals surface area contributed by atoms with E-state index in [1.54, 1.807) is 0 Å². The Labute approximate surface area is 150 Å². The van der Waals surface area contributed by atoms with Crippen LogP contribution in [-0.4, -0.2) is 67.9 Å². The van der Waals surface area contributed by atoms with E-state index in [2.05, 4.69) is 49.8 Å². The molecule has 4 nitrogen and oxygen atoms in total. The minimum atomic E-state index is -0.106. The van der Waals surface area contributed by atoms with Crippen molar-refractivity contribution in [3.05, 3.63) is 21.9 Å². The summed E-state index contributed by atoms with van der Waals surface area (Å²) in [6.07, 6.45) is 1.12. The lowest BCUT2D eigenvalue weighted by atomic mass is 9.93. The molecule has 0 N–H and O–H groups in total. The zero-order valence-corrected chi connectivity index (χ0v) is 16.4. The highest BCUT2D eigenvalue weighted by Crippen LogP contribution is 2.34. The van der Waals surface area contributed by atoms with Crippen LogP contribution in [-0.2, 0) is 16.0 Å². The van der Waals surface area contributed by atoms with Gasteiger partial charge in [0.1, 0.15) is 5.60 Å². The van der Waals surface area contributed by atoms with Crippen LogP contribution < -0.4 is 0 Å². The standard InChI is InChI=1S/C19H32N2O2S/c1-15(2)20(4)10-17-9-19(23-12-17)13-21(7-8-22-14-19)11-18-6-5-16(3)24-18/h5-6,15,17H,7-14H2,1-4H3. The van der Waals surface area contributed by atoms with Gasteiger partial charge in [0.15, 0.2) is 0 Å². The number of ether oxygens (including phenoxy) is 2. The highest BCUT2D eigenvalue weighted by molar-refractivity contribution is 7.11. The van der Waals surface area contributed by atoms with Crippen molar-refractivity contribution >= 4 is 11.3 Å². The molecule has 3 rings (SSSR count). The maximum atomic E-state index is 6.34. The number of rotatable bonds is 5. The second kappa shape index (κ2) is 7.83. The maximum Gasteiger partial charge on any atom is 0.104 e. The Morgan fingerprint density at radius 3 is 2.96 bits per heavy atom. The second-order valence-electron chi connectivity index (χ2n) is 7.87. The van der Waals surface area contributed by atoms with Gasteiger partial charge in [0.25, 0.3) is 0 Å². The van der Waals surface area contributed by atoms with E-state index in [1.165, 1.54) is 9.75 Å². The van der Waals surface area contributed by atoms with E-state index in [9.17, 15) is 0 Å². The Kier molecular flexibility index (Phi) is 5.98. The summed E-state index contributed by atoms with van der Waals surface area (Å²) in [5.74, 6) is 0.616. The summed E-state index contributed by atoms with van der Waals surface area (Å²) in [6, 6.07) is 5.06. The molecule has 2 fully saturated rings. The minimum absolute atomic E-state index is 0.106. The van der Waals surface area contributed by atoms with Gasteiger partial charge < -0.3 is 14.4 Å². The summed E-state index contributed by atoms with van der Waals surface area (Å²) >= 11 is 1.90. The third-order valence-electron chi connectivity index (χ3n) is 5.32. The molecule has 2 atom stereocenters. The van der Waals surface area contributed by atoms with E-state index in [0.717, 1.165) is 52.4 Å². The molecule has 24 heavy (non-hydrogen) atoms. The SMILES string of the molecule is Cc1ccc(CN2CCOCC3(CC(CN(C)C(C)C)CO3)C2)s1. The zero-order valence-electron chi connectivity index (χ0n) is 15.6. The molecule has 1 aromatic heterocycles. The van der Waals surface area contributed by atoms with Gasteiger partial charge in [-0.25, -0.2) is 0 Å². The molecule has 2 aliphatic heterocycles. The van der Waals surface area contributed by atoms with E-state index < -0.39 is 0 Å². The third kappa shape index (κ3) is 4.58. The molecule has 1 aromatic rings. The van der Waals surface area contributed by atoms with Gasteiger partial charge >= 0.3 is 0 Å².